The lowest BCUT2D eigenvalue weighted by molar-refractivity contribution is 0.394. The van der Waals surface area contributed by atoms with Crippen molar-refractivity contribution in [2.24, 2.45) is 5.92 Å². The minimum atomic E-state index is 0.658. The normalized spacial score (nSPS) is 14.7. The van der Waals surface area contributed by atoms with Gasteiger partial charge in [0, 0.05) is 49.4 Å². The molecular formula is C24H22N8. The molecule has 1 saturated heterocycles. The Kier molecular flexibility index (Phi) is 4.30. The number of hydrogen-bond donors (Lipinski definition) is 1. The van der Waals surface area contributed by atoms with E-state index in [0.717, 1.165) is 60.3 Å². The number of nitrogens with zero attached hydrogens (tertiary/aromatic N) is 7. The molecule has 2 aliphatic heterocycles. The van der Waals surface area contributed by atoms with Gasteiger partial charge in [0.1, 0.15) is 12.1 Å². The fourth-order valence-electron chi connectivity index (χ4n) is 4.66. The minimum absolute atomic E-state index is 0.658. The van der Waals surface area contributed by atoms with Gasteiger partial charge in [-0.2, -0.15) is 5.26 Å². The Morgan fingerprint density at radius 2 is 2.00 bits per heavy atom. The lowest BCUT2D eigenvalue weighted by Gasteiger charge is -2.40. The van der Waals surface area contributed by atoms with Crippen LogP contribution in [0.25, 0.3) is 28.3 Å². The van der Waals surface area contributed by atoms with E-state index >= 15 is 0 Å². The van der Waals surface area contributed by atoms with E-state index in [4.69, 9.17) is 10.2 Å². The zero-order valence-corrected chi connectivity index (χ0v) is 17.7. The summed E-state index contributed by atoms with van der Waals surface area (Å²) < 4.78 is 4.25. The Bertz CT molecular complexity index is 1340. The maximum atomic E-state index is 9.08. The van der Waals surface area contributed by atoms with Gasteiger partial charge >= 0.3 is 0 Å². The fraction of sp³-hybridized carbons (Fsp3) is 0.250. The second kappa shape index (κ2) is 7.32. The number of nitriles is 1. The molecule has 8 nitrogen and oxygen atoms in total. The SMILES string of the molecule is CNCC1CN(c2cc3c(cn2)-n2cnnc2-c2cc(-c4ccc(C#N)cc4)cn2C3)C1. The summed E-state index contributed by atoms with van der Waals surface area (Å²) in [7, 11) is 2.00. The maximum Gasteiger partial charge on any atom is 0.185 e. The molecule has 5 heterocycles. The molecule has 158 valence electrons. The van der Waals surface area contributed by atoms with Crippen LogP contribution in [-0.4, -0.2) is 51.0 Å². The van der Waals surface area contributed by atoms with E-state index < -0.39 is 0 Å². The molecule has 0 saturated carbocycles. The first-order valence-corrected chi connectivity index (χ1v) is 10.7. The van der Waals surface area contributed by atoms with Crippen molar-refractivity contribution in [1.29, 1.82) is 5.26 Å². The highest BCUT2D eigenvalue weighted by Gasteiger charge is 2.29. The summed E-state index contributed by atoms with van der Waals surface area (Å²) in [5, 5.41) is 20.9. The first-order valence-electron chi connectivity index (χ1n) is 10.7. The van der Waals surface area contributed by atoms with Crippen LogP contribution in [0.2, 0.25) is 0 Å². The highest BCUT2D eigenvalue weighted by Crippen LogP contribution is 2.35. The molecule has 0 atom stereocenters. The van der Waals surface area contributed by atoms with Crippen LogP contribution >= 0.6 is 0 Å². The second-order valence-electron chi connectivity index (χ2n) is 8.46. The molecule has 1 fully saturated rings. The lowest BCUT2D eigenvalue weighted by Crippen LogP contribution is -2.50. The van der Waals surface area contributed by atoms with Crippen LogP contribution in [-0.2, 0) is 6.54 Å². The Balaban J connectivity index is 1.38. The Hall–Kier alpha value is -3.96. The van der Waals surface area contributed by atoms with Gasteiger partial charge in [-0.3, -0.25) is 4.57 Å². The number of anilines is 1. The summed E-state index contributed by atoms with van der Waals surface area (Å²) in [5.41, 5.74) is 6.04. The molecule has 1 N–H and O–H groups in total. The van der Waals surface area contributed by atoms with Gasteiger partial charge in [0.25, 0.3) is 0 Å². The number of aromatic nitrogens is 5. The van der Waals surface area contributed by atoms with E-state index in [1.807, 2.05) is 42.1 Å². The van der Waals surface area contributed by atoms with Crippen molar-refractivity contribution in [3.63, 3.8) is 0 Å². The van der Waals surface area contributed by atoms with Crippen LogP contribution in [0.15, 0.2) is 55.1 Å². The Morgan fingerprint density at radius 1 is 1.16 bits per heavy atom. The fourth-order valence-corrected chi connectivity index (χ4v) is 4.66. The van der Waals surface area contributed by atoms with Gasteiger partial charge in [0.05, 0.1) is 29.2 Å². The number of fused-ring (bicyclic) bond motifs is 5. The van der Waals surface area contributed by atoms with Crippen LogP contribution in [0.4, 0.5) is 5.82 Å². The van der Waals surface area contributed by atoms with Gasteiger partial charge in [-0.15, -0.1) is 10.2 Å². The standard InChI is InChI=1S/C24H22N8/c1-26-9-17-11-31(12-17)23-7-20-14-30-13-19(18-4-2-16(8-25)3-5-18)6-21(30)24-29-28-15-32(24)22(20)10-27-23/h2-7,10,13,15,17,26H,9,11-12,14H2,1H3. The van der Waals surface area contributed by atoms with Gasteiger partial charge in [0.15, 0.2) is 5.82 Å². The van der Waals surface area contributed by atoms with E-state index in [-0.39, 0.29) is 0 Å². The third kappa shape index (κ3) is 2.98. The quantitative estimate of drug-likeness (QED) is 0.479. The molecule has 8 heteroatoms. The van der Waals surface area contributed by atoms with Gasteiger partial charge in [-0.1, -0.05) is 12.1 Å². The van der Waals surface area contributed by atoms with Gasteiger partial charge in [-0.05, 0) is 36.9 Å². The average Bonchev–Trinajstić information content (AvgIpc) is 3.41. The van der Waals surface area contributed by atoms with E-state index in [0.29, 0.717) is 11.5 Å². The molecule has 1 aromatic carbocycles. The summed E-state index contributed by atoms with van der Waals surface area (Å²) in [5.74, 6) is 2.50. The van der Waals surface area contributed by atoms with Crippen molar-refractivity contribution < 1.29 is 0 Å². The average molecular weight is 422 g/mol. The molecule has 0 radical (unpaired) electrons. The molecule has 4 aromatic rings. The topological polar surface area (TPSA) is 87.6 Å². The van der Waals surface area contributed by atoms with Crippen LogP contribution in [0.5, 0.6) is 0 Å². The predicted molar refractivity (Wildman–Crippen MR) is 121 cm³/mol. The number of rotatable bonds is 4. The summed E-state index contributed by atoms with van der Waals surface area (Å²) >= 11 is 0. The van der Waals surface area contributed by atoms with Crippen molar-refractivity contribution in [2.75, 3.05) is 31.6 Å². The molecule has 6 rings (SSSR count). The van der Waals surface area contributed by atoms with E-state index in [2.05, 4.69) is 49.4 Å². The highest BCUT2D eigenvalue weighted by molar-refractivity contribution is 5.72. The number of nitrogens with one attached hydrogen (secondary N) is 1. The molecule has 32 heavy (non-hydrogen) atoms. The van der Waals surface area contributed by atoms with Crippen LogP contribution < -0.4 is 10.2 Å². The van der Waals surface area contributed by atoms with Crippen LogP contribution in [0, 0.1) is 17.2 Å². The molecule has 3 aromatic heterocycles. The largest absolute Gasteiger partial charge is 0.356 e. The molecular weight excluding hydrogens is 400 g/mol. The molecule has 0 spiro atoms. The van der Waals surface area contributed by atoms with Crippen molar-refractivity contribution in [1.82, 2.24) is 29.6 Å². The van der Waals surface area contributed by atoms with E-state index in [1.165, 1.54) is 5.56 Å². The van der Waals surface area contributed by atoms with Crippen molar-refractivity contribution in [3.8, 4) is 34.4 Å². The molecule has 0 bridgehead atoms. The zero-order valence-electron chi connectivity index (χ0n) is 17.7. The molecule has 0 aliphatic carbocycles. The summed E-state index contributed by atoms with van der Waals surface area (Å²) in [6, 6.07) is 14.2. The summed E-state index contributed by atoms with van der Waals surface area (Å²) in [4.78, 5) is 7.08. The Labute approximate surface area is 185 Å². The van der Waals surface area contributed by atoms with Crippen molar-refractivity contribution in [3.05, 3.63) is 66.2 Å². The zero-order chi connectivity index (χ0) is 21.7. The van der Waals surface area contributed by atoms with Gasteiger partial charge < -0.3 is 14.8 Å². The van der Waals surface area contributed by atoms with Gasteiger partial charge in [0.2, 0.25) is 0 Å². The van der Waals surface area contributed by atoms with Crippen molar-refractivity contribution >= 4 is 5.82 Å². The number of benzene rings is 1. The number of hydrogen-bond acceptors (Lipinski definition) is 6. The van der Waals surface area contributed by atoms with E-state index in [9.17, 15) is 0 Å². The lowest BCUT2D eigenvalue weighted by atomic mass is 10.00. The Morgan fingerprint density at radius 3 is 2.78 bits per heavy atom. The molecule has 0 amide bonds. The third-order valence-electron chi connectivity index (χ3n) is 6.35. The predicted octanol–water partition coefficient (Wildman–Crippen LogP) is 2.69. The highest BCUT2D eigenvalue weighted by atomic mass is 15.3. The first kappa shape index (κ1) is 18.8. The monoisotopic (exact) mass is 422 g/mol. The summed E-state index contributed by atoms with van der Waals surface area (Å²) in [6.07, 6.45) is 5.85. The molecule has 0 unspecified atom stereocenters. The smallest absolute Gasteiger partial charge is 0.185 e. The maximum absolute atomic E-state index is 9.08. The minimum Gasteiger partial charge on any atom is -0.356 e. The van der Waals surface area contributed by atoms with Crippen LogP contribution in [0.1, 0.15) is 11.1 Å². The number of pyridine rings is 1. The third-order valence-corrected chi connectivity index (χ3v) is 6.35. The first-order chi connectivity index (χ1) is 15.7. The summed E-state index contributed by atoms with van der Waals surface area (Å²) in [6.45, 7) is 3.83. The second-order valence-corrected chi connectivity index (χ2v) is 8.46. The van der Waals surface area contributed by atoms with Crippen molar-refractivity contribution in [2.45, 2.75) is 6.54 Å². The van der Waals surface area contributed by atoms with Gasteiger partial charge in [-0.25, -0.2) is 4.98 Å². The molecule has 2 aliphatic rings. The van der Waals surface area contributed by atoms with Crippen LogP contribution in [0.3, 0.4) is 0 Å². The van der Waals surface area contributed by atoms with E-state index in [1.54, 1.807) is 6.33 Å².